The van der Waals surface area contributed by atoms with Crippen molar-refractivity contribution in [1.29, 1.82) is 0 Å². The molecule has 0 heterocycles. The molecule has 0 aromatic heterocycles. The van der Waals surface area contributed by atoms with E-state index in [-0.39, 0.29) is 12.3 Å². The molecule has 0 spiro atoms. The molecule has 0 fully saturated rings. The van der Waals surface area contributed by atoms with Crippen LogP contribution >= 0.6 is 0 Å². The molecule has 0 saturated carbocycles. The first-order valence-electron chi connectivity index (χ1n) is 6.19. The van der Waals surface area contributed by atoms with Crippen molar-refractivity contribution >= 4 is 5.91 Å². The van der Waals surface area contributed by atoms with Gasteiger partial charge in [0.1, 0.15) is 12.4 Å². The average molecular weight is 255 g/mol. The van der Waals surface area contributed by atoms with Crippen LogP contribution in [0.2, 0.25) is 0 Å². The van der Waals surface area contributed by atoms with E-state index in [1.54, 1.807) is 0 Å². The van der Waals surface area contributed by atoms with Gasteiger partial charge in [-0.3, -0.25) is 4.79 Å². The third-order valence-electron chi connectivity index (χ3n) is 2.85. The highest BCUT2D eigenvalue weighted by Gasteiger charge is 2.04. The largest absolute Gasteiger partial charge is 0.489 e. The van der Waals surface area contributed by atoms with Gasteiger partial charge in [-0.15, -0.1) is 0 Å². The van der Waals surface area contributed by atoms with E-state index in [2.05, 4.69) is 0 Å². The molecule has 98 valence electrons. The van der Waals surface area contributed by atoms with Crippen molar-refractivity contribution in [3.8, 4) is 5.75 Å². The highest BCUT2D eigenvalue weighted by molar-refractivity contribution is 5.76. The number of nitrogens with two attached hydrogens (primary N) is 1. The summed E-state index contributed by atoms with van der Waals surface area (Å²) in [6.07, 6.45) is 0.264. The van der Waals surface area contributed by atoms with Gasteiger partial charge in [0, 0.05) is 0 Å². The van der Waals surface area contributed by atoms with Crippen LogP contribution < -0.4 is 10.5 Å². The van der Waals surface area contributed by atoms with Gasteiger partial charge < -0.3 is 10.5 Å². The minimum atomic E-state index is -0.322. The number of amides is 1. The lowest BCUT2D eigenvalue weighted by molar-refractivity contribution is -0.117. The number of hydrogen-bond acceptors (Lipinski definition) is 2. The fraction of sp³-hybridized carbons (Fsp3) is 0.188. The fourth-order valence-corrected chi connectivity index (χ4v) is 1.92. The van der Waals surface area contributed by atoms with Gasteiger partial charge in [0.05, 0.1) is 6.42 Å². The summed E-state index contributed by atoms with van der Waals surface area (Å²) in [5.41, 5.74) is 8.23. The Morgan fingerprint density at radius 1 is 1.11 bits per heavy atom. The molecule has 2 N–H and O–H groups in total. The van der Waals surface area contributed by atoms with Crippen molar-refractivity contribution in [3.63, 3.8) is 0 Å². The van der Waals surface area contributed by atoms with Crippen LogP contribution in [-0.2, 0) is 17.8 Å². The standard InChI is InChI=1S/C16H17NO2/c1-12-9-14(10-16(17)18)7-8-15(12)19-11-13-5-3-2-4-6-13/h2-9H,10-11H2,1H3,(H2,17,18). The molecule has 0 aliphatic heterocycles. The minimum absolute atomic E-state index is 0.264. The highest BCUT2D eigenvalue weighted by Crippen LogP contribution is 2.20. The Labute approximate surface area is 113 Å². The summed E-state index contributed by atoms with van der Waals surface area (Å²) in [5, 5.41) is 0. The molecule has 2 aromatic rings. The van der Waals surface area contributed by atoms with Gasteiger partial charge in [-0.25, -0.2) is 0 Å². The summed E-state index contributed by atoms with van der Waals surface area (Å²) in [6.45, 7) is 2.50. The number of primary amides is 1. The predicted molar refractivity (Wildman–Crippen MR) is 74.9 cm³/mol. The monoisotopic (exact) mass is 255 g/mol. The van der Waals surface area contributed by atoms with Crippen LogP contribution in [0.1, 0.15) is 16.7 Å². The van der Waals surface area contributed by atoms with Crippen LogP contribution in [0.25, 0.3) is 0 Å². The van der Waals surface area contributed by atoms with E-state index in [1.807, 2.05) is 55.5 Å². The Morgan fingerprint density at radius 3 is 2.47 bits per heavy atom. The normalized spacial score (nSPS) is 10.2. The topological polar surface area (TPSA) is 52.3 Å². The van der Waals surface area contributed by atoms with Crippen LogP contribution in [0.3, 0.4) is 0 Å². The van der Waals surface area contributed by atoms with Crippen LogP contribution in [0.4, 0.5) is 0 Å². The molecule has 0 atom stereocenters. The summed E-state index contributed by atoms with van der Waals surface area (Å²) in [6, 6.07) is 15.7. The number of aryl methyl sites for hydroxylation is 1. The van der Waals surface area contributed by atoms with Gasteiger partial charge in [-0.05, 0) is 29.7 Å². The van der Waals surface area contributed by atoms with Crippen molar-refractivity contribution in [2.24, 2.45) is 5.73 Å². The molecule has 0 saturated heterocycles. The molecular formula is C16H17NO2. The van der Waals surface area contributed by atoms with Crippen molar-refractivity contribution < 1.29 is 9.53 Å². The summed E-state index contributed by atoms with van der Waals surface area (Å²) < 4.78 is 5.77. The SMILES string of the molecule is Cc1cc(CC(N)=O)ccc1OCc1ccccc1. The van der Waals surface area contributed by atoms with Crippen molar-refractivity contribution in [3.05, 3.63) is 65.2 Å². The van der Waals surface area contributed by atoms with E-state index in [9.17, 15) is 4.79 Å². The minimum Gasteiger partial charge on any atom is -0.489 e. The number of rotatable bonds is 5. The molecule has 2 rings (SSSR count). The lowest BCUT2D eigenvalue weighted by Crippen LogP contribution is -2.13. The van der Waals surface area contributed by atoms with E-state index in [0.717, 1.165) is 22.4 Å². The van der Waals surface area contributed by atoms with Gasteiger partial charge in [0.15, 0.2) is 0 Å². The summed E-state index contributed by atoms with van der Waals surface area (Å²) >= 11 is 0. The third kappa shape index (κ3) is 3.85. The second-order valence-corrected chi connectivity index (χ2v) is 4.52. The Balaban J connectivity index is 2.03. The lowest BCUT2D eigenvalue weighted by Gasteiger charge is -2.10. The zero-order valence-corrected chi connectivity index (χ0v) is 10.9. The first kappa shape index (κ1) is 13.1. The van der Waals surface area contributed by atoms with Crippen molar-refractivity contribution in [1.82, 2.24) is 0 Å². The number of carbonyl (C=O) groups excluding carboxylic acids is 1. The second-order valence-electron chi connectivity index (χ2n) is 4.52. The Kier molecular flexibility index (Phi) is 4.18. The number of benzene rings is 2. The lowest BCUT2D eigenvalue weighted by atomic mass is 10.1. The first-order valence-corrected chi connectivity index (χ1v) is 6.19. The average Bonchev–Trinajstić information content (AvgIpc) is 2.38. The van der Waals surface area contributed by atoms with Crippen LogP contribution in [-0.4, -0.2) is 5.91 Å². The molecule has 0 bridgehead atoms. The summed E-state index contributed by atoms with van der Waals surface area (Å²) in [7, 11) is 0. The van der Waals surface area contributed by atoms with E-state index in [0.29, 0.717) is 6.61 Å². The molecule has 1 amide bonds. The molecule has 19 heavy (non-hydrogen) atoms. The maximum Gasteiger partial charge on any atom is 0.221 e. The maximum absolute atomic E-state index is 10.9. The quantitative estimate of drug-likeness (QED) is 0.892. The van der Waals surface area contributed by atoms with Gasteiger partial charge >= 0.3 is 0 Å². The molecular weight excluding hydrogens is 238 g/mol. The zero-order chi connectivity index (χ0) is 13.7. The molecule has 3 nitrogen and oxygen atoms in total. The summed E-state index contributed by atoms with van der Waals surface area (Å²) in [4.78, 5) is 10.9. The van der Waals surface area contributed by atoms with E-state index < -0.39 is 0 Å². The van der Waals surface area contributed by atoms with Crippen molar-refractivity contribution in [2.75, 3.05) is 0 Å². The van der Waals surface area contributed by atoms with E-state index in [1.165, 1.54) is 0 Å². The van der Waals surface area contributed by atoms with Crippen molar-refractivity contribution in [2.45, 2.75) is 20.0 Å². The molecule has 0 radical (unpaired) electrons. The first-order chi connectivity index (χ1) is 9.15. The Hall–Kier alpha value is -2.29. The van der Waals surface area contributed by atoms with Gasteiger partial charge in [0.2, 0.25) is 5.91 Å². The van der Waals surface area contributed by atoms with Crippen LogP contribution in [0.15, 0.2) is 48.5 Å². The molecule has 3 heteroatoms. The molecule has 0 aliphatic carbocycles. The van der Waals surface area contributed by atoms with Gasteiger partial charge in [-0.1, -0.05) is 42.5 Å². The smallest absolute Gasteiger partial charge is 0.221 e. The molecule has 0 aliphatic rings. The Bertz CT molecular complexity index is 564. The van der Waals surface area contributed by atoms with Crippen LogP contribution in [0, 0.1) is 6.92 Å². The predicted octanol–water partition coefficient (Wildman–Crippen LogP) is 2.60. The second kappa shape index (κ2) is 6.05. The molecule has 0 unspecified atom stereocenters. The number of hydrogen-bond donors (Lipinski definition) is 1. The van der Waals surface area contributed by atoms with Gasteiger partial charge in [0.25, 0.3) is 0 Å². The van der Waals surface area contributed by atoms with E-state index >= 15 is 0 Å². The van der Waals surface area contributed by atoms with Gasteiger partial charge in [-0.2, -0.15) is 0 Å². The molecule has 2 aromatic carbocycles. The van der Waals surface area contributed by atoms with E-state index in [4.69, 9.17) is 10.5 Å². The third-order valence-corrected chi connectivity index (χ3v) is 2.85. The maximum atomic E-state index is 10.9. The number of ether oxygens (including phenoxy) is 1. The highest BCUT2D eigenvalue weighted by atomic mass is 16.5. The Morgan fingerprint density at radius 2 is 1.84 bits per heavy atom. The number of carbonyl (C=O) groups is 1. The van der Waals surface area contributed by atoms with Crippen LogP contribution in [0.5, 0.6) is 5.75 Å². The fourth-order valence-electron chi connectivity index (χ4n) is 1.92. The summed E-state index contributed by atoms with van der Waals surface area (Å²) in [5.74, 6) is 0.509. The zero-order valence-electron chi connectivity index (χ0n) is 10.9.